The molecule has 0 amide bonds. The van der Waals surface area contributed by atoms with Crippen molar-refractivity contribution in [1.82, 2.24) is 9.78 Å². The van der Waals surface area contributed by atoms with Crippen LogP contribution in [0.4, 0.5) is 0 Å². The first-order valence-electron chi connectivity index (χ1n) is 6.30. The van der Waals surface area contributed by atoms with Crippen molar-refractivity contribution < 1.29 is 9.90 Å². The van der Waals surface area contributed by atoms with Gasteiger partial charge in [-0.05, 0) is 26.3 Å². The number of rotatable bonds is 4. The number of carboxylic acid groups (broad SMARTS) is 1. The van der Waals surface area contributed by atoms with Gasteiger partial charge in [-0.3, -0.25) is 9.48 Å². The molecule has 1 aromatic carbocycles. The fourth-order valence-electron chi connectivity index (χ4n) is 2.29. The molecular weight excluding hydrogens is 240 g/mol. The third kappa shape index (κ3) is 3.02. The second-order valence-electron chi connectivity index (χ2n) is 4.89. The van der Waals surface area contributed by atoms with Crippen LogP contribution in [0.1, 0.15) is 23.2 Å². The highest BCUT2D eigenvalue weighted by Gasteiger charge is 2.10. The van der Waals surface area contributed by atoms with Crippen LogP contribution in [0, 0.1) is 20.8 Å². The predicted octanol–water partition coefficient (Wildman–Crippen LogP) is 2.95. The lowest BCUT2D eigenvalue weighted by Gasteiger charge is -2.06. The van der Waals surface area contributed by atoms with E-state index >= 15 is 0 Å². The number of carbonyl (C=O) groups is 1. The Morgan fingerprint density at radius 2 is 1.84 bits per heavy atom. The monoisotopic (exact) mass is 258 g/mol. The predicted molar refractivity (Wildman–Crippen MR) is 74.1 cm³/mol. The maximum absolute atomic E-state index is 10.6. The molecule has 0 aliphatic heterocycles. The van der Waals surface area contributed by atoms with Gasteiger partial charge in [0.1, 0.15) is 0 Å². The molecule has 2 aromatic rings. The molecular formula is C15H18N2O2. The normalized spacial score (nSPS) is 10.7. The van der Waals surface area contributed by atoms with Crippen LogP contribution in [0.2, 0.25) is 0 Å². The molecule has 0 saturated heterocycles. The maximum atomic E-state index is 10.6. The zero-order valence-electron chi connectivity index (χ0n) is 11.5. The van der Waals surface area contributed by atoms with Crippen LogP contribution >= 0.6 is 0 Å². The molecule has 1 heterocycles. The Hall–Kier alpha value is -2.10. The van der Waals surface area contributed by atoms with E-state index in [1.165, 1.54) is 11.1 Å². The molecule has 0 spiro atoms. The molecule has 0 aliphatic carbocycles. The summed E-state index contributed by atoms with van der Waals surface area (Å²) in [6.07, 6.45) is 1.90. The van der Waals surface area contributed by atoms with Gasteiger partial charge in [0, 0.05) is 11.3 Å². The molecule has 0 aliphatic rings. The number of benzene rings is 1. The first-order chi connectivity index (χ1) is 8.97. The van der Waals surface area contributed by atoms with Crippen LogP contribution in [0.3, 0.4) is 0 Å². The minimum Gasteiger partial charge on any atom is -0.481 e. The third-order valence-corrected chi connectivity index (χ3v) is 3.17. The number of carboxylic acids is 1. The molecule has 4 nitrogen and oxygen atoms in total. The maximum Gasteiger partial charge on any atom is 0.305 e. The Bertz CT molecular complexity index is 594. The summed E-state index contributed by atoms with van der Waals surface area (Å²) in [4.78, 5) is 10.6. The third-order valence-electron chi connectivity index (χ3n) is 3.17. The first-order valence-corrected chi connectivity index (χ1v) is 6.30. The number of aromatic nitrogens is 2. The van der Waals surface area contributed by atoms with Crippen LogP contribution in [0.5, 0.6) is 0 Å². The summed E-state index contributed by atoms with van der Waals surface area (Å²) in [7, 11) is 0. The summed E-state index contributed by atoms with van der Waals surface area (Å²) in [5.41, 5.74) is 5.64. The van der Waals surface area contributed by atoms with E-state index in [4.69, 9.17) is 5.11 Å². The van der Waals surface area contributed by atoms with Gasteiger partial charge >= 0.3 is 5.97 Å². The van der Waals surface area contributed by atoms with Gasteiger partial charge in [0.05, 0.1) is 19.2 Å². The van der Waals surface area contributed by atoms with Crippen LogP contribution in [-0.2, 0) is 11.3 Å². The first kappa shape index (κ1) is 13.3. The van der Waals surface area contributed by atoms with E-state index in [1.54, 1.807) is 4.68 Å². The molecule has 100 valence electrons. The molecule has 1 aromatic heterocycles. The van der Waals surface area contributed by atoms with Crippen molar-refractivity contribution in [2.45, 2.75) is 33.7 Å². The quantitative estimate of drug-likeness (QED) is 0.917. The summed E-state index contributed by atoms with van der Waals surface area (Å²) in [6, 6.07) is 6.38. The molecule has 2 rings (SSSR count). The molecule has 19 heavy (non-hydrogen) atoms. The summed E-state index contributed by atoms with van der Waals surface area (Å²) in [5.74, 6) is -0.803. The highest BCUT2D eigenvalue weighted by atomic mass is 16.4. The molecule has 4 heteroatoms. The highest BCUT2D eigenvalue weighted by molar-refractivity contribution is 5.68. The van der Waals surface area contributed by atoms with Crippen molar-refractivity contribution in [2.24, 2.45) is 0 Å². The lowest BCUT2D eigenvalue weighted by molar-refractivity contribution is -0.137. The number of hydrogen-bond donors (Lipinski definition) is 1. The Kier molecular flexibility index (Phi) is 3.69. The van der Waals surface area contributed by atoms with Crippen molar-refractivity contribution in [3.63, 3.8) is 0 Å². The summed E-state index contributed by atoms with van der Waals surface area (Å²) in [6.45, 7) is 6.52. The number of hydrogen-bond acceptors (Lipinski definition) is 2. The average molecular weight is 258 g/mol. The van der Waals surface area contributed by atoms with Gasteiger partial charge in [-0.1, -0.05) is 29.3 Å². The van der Waals surface area contributed by atoms with E-state index in [2.05, 4.69) is 37.1 Å². The minimum atomic E-state index is -0.803. The largest absolute Gasteiger partial charge is 0.481 e. The van der Waals surface area contributed by atoms with Gasteiger partial charge in [-0.2, -0.15) is 5.10 Å². The summed E-state index contributed by atoms with van der Waals surface area (Å²) in [5, 5.41) is 13.0. The topological polar surface area (TPSA) is 55.1 Å². The zero-order valence-corrected chi connectivity index (χ0v) is 11.5. The van der Waals surface area contributed by atoms with Crippen molar-refractivity contribution in [3.8, 4) is 11.1 Å². The van der Waals surface area contributed by atoms with Crippen LogP contribution in [-0.4, -0.2) is 20.9 Å². The number of nitrogens with zero attached hydrogens (tertiary/aromatic N) is 2. The van der Waals surface area contributed by atoms with Crippen LogP contribution in [0.15, 0.2) is 24.4 Å². The van der Waals surface area contributed by atoms with E-state index in [1.807, 2.05) is 13.1 Å². The fourth-order valence-corrected chi connectivity index (χ4v) is 2.29. The molecule has 0 bridgehead atoms. The standard InChI is InChI=1S/C15H18N2O2/c1-10-6-11(2)8-13(7-10)14-9-16-17(12(14)3)5-4-15(18)19/h6-9H,4-5H2,1-3H3,(H,18,19). The van der Waals surface area contributed by atoms with Gasteiger partial charge in [-0.15, -0.1) is 0 Å². The number of aliphatic carboxylic acids is 1. The molecule has 0 radical (unpaired) electrons. The average Bonchev–Trinajstić information content (AvgIpc) is 2.66. The molecule has 0 atom stereocenters. The van der Waals surface area contributed by atoms with Gasteiger partial charge in [0.25, 0.3) is 0 Å². The second-order valence-corrected chi connectivity index (χ2v) is 4.89. The lowest BCUT2D eigenvalue weighted by atomic mass is 10.0. The van der Waals surface area contributed by atoms with E-state index in [0.29, 0.717) is 6.54 Å². The lowest BCUT2D eigenvalue weighted by Crippen LogP contribution is -2.07. The van der Waals surface area contributed by atoms with Crippen LogP contribution < -0.4 is 0 Å². The zero-order chi connectivity index (χ0) is 14.0. The fraction of sp³-hybridized carbons (Fsp3) is 0.333. The van der Waals surface area contributed by atoms with E-state index in [-0.39, 0.29) is 6.42 Å². The van der Waals surface area contributed by atoms with Gasteiger partial charge < -0.3 is 5.11 Å². The Labute approximate surface area is 112 Å². The van der Waals surface area contributed by atoms with Crippen molar-refractivity contribution in [1.29, 1.82) is 0 Å². The second kappa shape index (κ2) is 5.26. The molecule has 0 unspecified atom stereocenters. The molecule has 0 fully saturated rings. The SMILES string of the molecule is Cc1cc(C)cc(-c2cnn(CCC(=O)O)c2C)c1. The smallest absolute Gasteiger partial charge is 0.305 e. The summed E-state index contributed by atoms with van der Waals surface area (Å²) >= 11 is 0. The van der Waals surface area contributed by atoms with Crippen LogP contribution in [0.25, 0.3) is 11.1 Å². The van der Waals surface area contributed by atoms with Gasteiger partial charge in [0.15, 0.2) is 0 Å². The van der Waals surface area contributed by atoms with Gasteiger partial charge in [-0.25, -0.2) is 0 Å². The van der Waals surface area contributed by atoms with E-state index in [0.717, 1.165) is 16.8 Å². The number of aryl methyl sites for hydroxylation is 3. The highest BCUT2D eigenvalue weighted by Crippen LogP contribution is 2.25. The molecule has 0 saturated carbocycles. The Morgan fingerprint density at radius 3 is 2.42 bits per heavy atom. The van der Waals surface area contributed by atoms with Crippen molar-refractivity contribution >= 4 is 5.97 Å². The van der Waals surface area contributed by atoms with Crippen molar-refractivity contribution in [3.05, 3.63) is 41.2 Å². The summed E-state index contributed by atoms with van der Waals surface area (Å²) < 4.78 is 1.75. The van der Waals surface area contributed by atoms with Gasteiger partial charge in [0.2, 0.25) is 0 Å². The molecule has 1 N–H and O–H groups in total. The Morgan fingerprint density at radius 1 is 1.21 bits per heavy atom. The minimum absolute atomic E-state index is 0.0921. The Balaban J connectivity index is 2.33. The van der Waals surface area contributed by atoms with E-state index in [9.17, 15) is 4.79 Å². The van der Waals surface area contributed by atoms with E-state index < -0.39 is 5.97 Å². The van der Waals surface area contributed by atoms with Crippen molar-refractivity contribution in [2.75, 3.05) is 0 Å².